The number of hydrogen-bond donors (Lipinski definition) is 2. The van der Waals surface area contributed by atoms with Gasteiger partial charge in [-0.15, -0.1) is 0 Å². The van der Waals surface area contributed by atoms with Crippen molar-refractivity contribution >= 4 is 28.9 Å². The summed E-state index contributed by atoms with van der Waals surface area (Å²) in [4.78, 5) is 34.5. The van der Waals surface area contributed by atoms with Crippen LogP contribution >= 0.6 is 0 Å². The molecule has 8 nitrogen and oxygen atoms in total. The number of carbonyl (C=O) groups excluding carboxylic acids is 2. The highest BCUT2D eigenvalue weighted by Gasteiger charge is 2.35. The molecule has 1 aliphatic rings. The molecule has 0 bridgehead atoms. The van der Waals surface area contributed by atoms with Crippen LogP contribution in [-0.4, -0.2) is 22.3 Å². The monoisotopic (exact) mass is 341 g/mol. The number of rotatable bonds is 3. The van der Waals surface area contributed by atoms with Gasteiger partial charge in [-0.1, -0.05) is 6.07 Å². The van der Waals surface area contributed by atoms with Crippen molar-refractivity contribution < 1.29 is 19.2 Å². The number of amides is 2. The summed E-state index contributed by atoms with van der Waals surface area (Å²) in [6.45, 7) is 3.31. The first kappa shape index (κ1) is 16.4. The van der Waals surface area contributed by atoms with Crippen molar-refractivity contribution in [3.05, 3.63) is 58.1 Å². The van der Waals surface area contributed by atoms with Gasteiger partial charge in [-0.2, -0.15) is 0 Å². The summed E-state index contributed by atoms with van der Waals surface area (Å²) in [5.41, 5.74) is -0.102. The molecule has 8 heteroatoms. The molecule has 128 valence electrons. The highest BCUT2D eigenvalue weighted by molar-refractivity contribution is 6.06. The van der Waals surface area contributed by atoms with Crippen LogP contribution in [0.4, 0.5) is 17.1 Å². The maximum Gasteiger partial charge on any atom is 0.270 e. The van der Waals surface area contributed by atoms with E-state index in [1.807, 2.05) is 0 Å². The fourth-order valence-corrected chi connectivity index (χ4v) is 2.35. The summed E-state index contributed by atoms with van der Waals surface area (Å²) in [7, 11) is 0. The maximum atomic E-state index is 12.3. The molecule has 0 saturated carbocycles. The molecule has 0 spiro atoms. The minimum absolute atomic E-state index is 0.160. The number of nitrogens with zero attached hydrogens (tertiary/aromatic N) is 1. The molecule has 0 radical (unpaired) electrons. The van der Waals surface area contributed by atoms with Crippen molar-refractivity contribution in [1.82, 2.24) is 0 Å². The minimum atomic E-state index is -0.971. The Bertz CT molecular complexity index is 892. The Balaban J connectivity index is 1.81. The number of nitrogens with one attached hydrogen (secondary N) is 2. The molecule has 0 aliphatic carbocycles. The Labute approximate surface area is 142 Å². The molecule has 0 unspecified atom stereocenters. The van der Waals surface area contributed by atoms with Crippen LogP contribution in [0.25, 0.3) is 0 Å². The Morgan fingerprint density at radius 3 is 2.72 bits per heavy atom. The smallest absolute Gasteiger partial charge is 0.270 e. The first-order valence-electron chi connectivity index (χ1n) is 7.46. The standard InChI is InChI=1S/C17H15N3O5/c1-17(2)16(22)19-13-9-11(6-7-14(13)25-17)18-15(21)10-4-3-5-12(8-10)20(23)24/h3-9H,1-2H3,(H,18,21)(H,19,22). The van der Waals surface area contributed by atoms with E-state index in [0.29, 0.717) is 17.1 Å². The third-order valence-corrected chi connectivity index (χ3v) is 3.72. The van der Waals surface area contributed by atoms with Crippen LogP contribution in [0.1, 0.15) is 24.2 Å². The zero-order valence-electron chi connectivity index (χ0n) is 13.5. The number of non-ortho nitro benzene ring substituents is 1. The molecule has 0 aromatic heterocycles. The molecule has 2 aromatic rings. The second-order valence-corrected chi connectivity index (χ2v) is 6.04. The summed E-state index contributed by atoms with van der Waals surface area (Å²) in [5.74, 6) is -0.285. The van der Waals surface area contributed by atoms with E-state index < -0.39 is 16.4 Å². The van der Waals surface area contributed by atoms with Crippen LogP contribution in [0.2, 0.25) is 0 Å². The zero-order valence-corrected chi connectivity index (χ0v) is 13.5. The summed E-state index contributed by atoms with van der Waals surface area (Å²) in [5, 5.41) is 16.2. The van der Waals surface area contributed by atoms with Crippen LogP contribution in [0.15, 0.2) is 42.5 Å². The summed E-state index contributed by atoms with van der Waals surface area (Å²) in [6.07, 6.45) is 0. The molecule has 1 heterocycles. The molecule has 2 N–H and O–H groups in total. The van der Waals surface area contributed by atoms with E-state index in [1.165, 1.54) is 24.3 Å². The summed E-state index contributed by atoms with van der Waals surface area (Å²) < 4.78 is 5.62. The predicted molar refractivity (Wildman–Crippen MR) is 90.8 cm³/mol. The van der Waals surface area contributed by atoms with E-state index in [4.69, 9.17) is 4.74 Å². The van der Waals surface area contributed by atoms with Gasteiger partial charge in [-0.25, -0.2) is 0 Å². The number of benzene rings is 2. The van der Waals surface area contributed by atoms with Gasteiger partial charge >= 0.3 is 0 Å². The third kappa shape index (κ3) is 3.27. The number of nitro benzene ring substituents is 1. The van der Waals surface area contributed by atoms with Crippen LogP contribution in [0.3, 0.4) is 0 Å². The van der Waals surface area contributed by atoms with Crippen molar-refractivity contribution in [3.63, 3.8) is 0 Å². The second kappa shape index (κ2) is 5.90. The summed E-state index contributed by atoms with van der Waals surface area (Å²) >= 11 is 0. The lowest BCUT2D eigenvalue weighted by Gasteiger charge is -2.31. The third-order valence-electron chi connectivity index (χ3n) is 3.72. The first-order valence-corrected chi connectivity index (χ1v) is 7.46. The SMILES string of the molecule is CC1(C)Oc2ccc(NC(=O)c3cccc([N+](=O)[O-])c3)cc2NC1=O. The van der Waals surface area contributed by atoms with Gasteiger partial charge in [0.2, 0.25) is 0 Å². The van der Waals surface area contributed by atoms with E-state index in [1.54, 1.807) is 32.0 Å². The van der Waals surface area contributed by atoms with Gasteiger partial charge in [-0.3, -0.25) is 19.7 Å². The molecule has 25 heavy (non-hydrogen) atoms. The zero-order chi connectivity index (χ0) is 18.2. The van der Waals surface area contributed by atoms with Crippen molar-refractivity contribution in [3.8, 4) is 5.75 Å². The Kier molecular flexibility index (Phi) is 3.88. The molecule has 2 aromatic carbocycles. The van der Waals surface area contributed by atoms with Gasteiger partial charge in [0.1, 0.15) is 5.75 Å². The number of fused-ring (bicyclic) bond motifs is 1. The lowest BCUT2D eigenvalue weighted by molar-refractivity contribution is -0.384. The second-order valence-electron chi connectivity index (χ2n) is 6.04. The van der Waals surface area contributed by atoms with E-state index in [-0.39, 0.29) is 17.2 Å². The molecule has 1 aliphatic heterocycles. The molecule has 2 amide bonds. The van der Waals surface area contributed by atoms with Crippen LogP contribution in [-0.2, 0) is 4.79 Å². The van der Waals surface area contributed by atoms with Gasteiger partial charge in [-0.05, 0) is 38.1 Å². The summed E-state index contributed by atoms with van der Waals surface area (Å²) in [6, 6.07) is 10.3. The highest BCUT2D eigenvalue weighted by Crippen LogP contribution is 2.35. The first-order chi connectivity index (χ1) is 11.8. The average molecular weight is 341 g/mol. The predicted octanol–water partition coefficient (Wildman–Crippen LogP) is 2.96. The Morgan fingerprint density at radius 2 is 2.00 bits per heavy atom. The number of carbonyl (C=O) groups is 2. The van der Waals surface area contributed by atoms with Crippen molar-refractivity contribution in [2.75, 3.05) is 10.6 Å². The minimum Gasteiger partial charge on any atom is -0.476 e. The lowest BCUT2D eigenvalue weighted by atomic mass is 10.1. The van der Waals surface area contributed by atoms with Gasteiger partial charge in [0.15, 0.2) is 5.60 Å². The molecule has 0 atom stereocenters. The molecule has 0 fully saturated rings. The maximum absolute atomic E-state index is 12.3. The molecular weight excluding hydrogens is 326 g/mol. The number of nitro groups is 1. The van der Waals surface area contributed by atoms with Gasteiger partial charge in [0.25, 0.3) is 17.5 Å². The van der Waals surface area contributed by atoms with Gasteiger partial charge in [0, 0.05) is 23.4 Å². The van der Waals surface area contributed by atoms with Crippen molar-refractivity contribution in [1.29, 1.82) is 0 Å². The van der Waals surface area contributed by atoms with E-state index >= 15 is 0 Å². The molecular formula is C17H15N3O5. The van der Waals surface area contributed by atoms with Gasteiger partial charge < -0.3 is 15.4 Å². The molecule has 0 saturated heterocycles. The lowest BCUT2D eigenvalue weighted by Crippen LogP contribution is -2.45. The van der Waals surface area contributed by atoms with E-state index in [2.05, 4.69) is 10.6 Å². The largest absolute Gasteiger partial charge is 0.476 e. The Morgan fingerprint density at radius 1 is 1.24 bits per heavy atom. The molecule has 3 rings (SSSR count). The van der Waals surface area contributed by atoms with E-state index in [9.17, 15) is 19.7 Å². The highest BCUT2D eigenvalue weighted by atomic mass is 16.6. The Hall–Kier alpha value is -3.42. The number of hydrogen-bond acceptors (Lipinski definition) is 5. The topological polar surface area (TPSA) is 111 Å². The normalized spacial score (nSPS) is 14.7. The fraction of sp³-hybridized carbons (Fsp3) is 0.176. The van der Waals surface area contributed by atoms with Crippen LogP contribution in [0, 0.1) is 10.1 Å². The average Bonchev–Trinajstić information content (AvgIpc) is 2.56. The van der Waals surface area contributed by atoms with Crippen molar-refractivity contribution in [2.45, 2.75) is 19.4 Å². The van der Waals surface area contributed by atoms with Gasteiger partial charge in [0.05, 0.1) is 10.6 Å². The fourth-order valence-electron chi connectivity index (χ4n) is 2.35. The number of ether oxygens (including phenoxy) is 1. The number of anilines is 2. The van der Waals surface area contributed by atoms with Crippen LogP contribution in [0.5, 0.6) is 5.75 Å². The quantitative estimate of drug-likeness (QED) is 0.658. The van der Waals surface area contributed by atoms with Crippen LogP contribution < -0.4 is 15.4 Å². The van der Waals surface area contributed by atoms with E-state index in [0.717, 1.165) is 0 Å². The van der Waals surface area contributed by atoms with Crippen molar-refractivity contribution in [2.24, 2.45) is 0 Å².